The molecule has 0 radical (unpaired) electrons. The molecule has 0 aromatic heterocycles. The highest BCUT2D eigenvalue weighted by atomic mass is 16.6. The number of rotatable bonds is 10. The third-order valence-corrected chi connectivity index (χ3v) is 6.98. The second-order valence-corrected chi connectivity index (χ2v) is 11.2. The van der Waals surface area contributed by atoms with Gasteiger partial charge >= 0.3 is 6.09 Å². The maximum atomic E-state index is 14.1. The molecule has 2 fully saturated rings. The fourth-order valence-corrected chi connectivity index (χ4v) is 4.96. The first-order valence-electron chi connectivity index (χ1n) is 13.5. The fourth-order valence-electron chi connectivity index (χ4n) is 4.96. The first kappa shape index (κ1) is 28.5. The van der Waals surface area contributed by atoms with Gasteiger partial charge in [-0.25, -0.2) is 4.79 Å². The Morgan fingerprint density at radius 3 is 2.19 bits per heavy atom. The van der Waals surface area contributed by atoms with Crippen molar-refractivity contribution >= 4 is 23.8 Å². The fraction of sp³-hybridized carbons (Fsp3) is 0.643. The third-order valence-electron chi connectivity index (χ3n) is 6.98. The van der Waals surface area contributed by atoms with E-state index in [2.05, 4.69) is 10.6 Å². The average Bonchev–Trinajstić information content (AvgIpc) is 2.80. The number of primary amides is 1. The van der Waals surface area contributed by atoms with Gasteiger partial charge in [-0.3, -0.25) is 14.4 Å². The highest BCUT2D eigenvalue weighted by Crippen LogP contribution is 2.34. The van der Waals surface area contributed by atoms with Gasteiger partial charge in [0.2, 0.25) is 17.7 Å². The van der Waals surface area contributed by atoms with Crippen LogP contribution < -0.4 is 16.4 Å². The van der Waals surface area contributed by atoms with Gasteiger partial charge in [0, 0.05) is 18.5 Å². The van der Waals surface area contributed by atoms with Crippen LogP contribution in [0.4, 0.5) is 4.79 Å². The molecule has 2 unspecified atom stereocenters. The maximum Gasteiger partial charge on any atom is 0.408 e. The van der Waals surface area contributed by atoms with Crippen LogP contribution >= 0.6 is 0 Å². The lowest BCUT2D eigenvalue weighted by Gasteiger charge is -2.44. The molecule has 2 atom stereocenters. The summed E-state index contributed by atoms with van der Waals surface area (Å²) >= 11 is 0. The van der Waals surface area contributed by atoms with Crippen molar-refractivity contribution in [2.45, 2.75) is 115 Å². The maximum absolute atomic E-state index is 14.1. The molecule has 1 aromatic rings. The standard InChI is InChI=1S/C28H42N4O5/c1-28(2,3)37-27(36)31-22(17-18-23(29)33)26(35)32(21-15-10-16-21)24(19-11-6-4-7-12-19)25(34)30-20-13-8-5-9-14-20/h4,6-7,11-12,20-22,24H,5,8-10,13-18H2,1-3H3,(H2,29,33)(H,30,34)(H,31,36). The summed E-state index contributed by atoms with van der Waals surface area (Å²) in [7, 11) is 0. The van der Waals surface area contributed by atoms with Crippen LogP contribution in [0.2, 0.25) is 0 Å². The molecule has 204 valence electrons. The summed E-state index contributed by atoms with van der Waals surface area (Å²) in [5, 5.41) is 5.84. The van der Waals surface area contributed by atoms with Crippen molar-refractivity contribution < 1.29 is 23.9 Å². The number of nitrogens with one attached hydrogen (secondary N) is 2. The normalized spacial score (nSPS) is 18.1. The Balaban J connectivity index is 1.93. The summed E-state index contributed by atoms with van der Waals surface area (Å²) < 4.78 is 5.38. The lowest BCUT2D eigenvalue weighted by molar-refractivity contribution is -0.148. The molecule has 0 bridgehead atoms. The van der Waals surface area contributed by atoms with Crippen molar-refractivity contribution in [3.8, 4) is 0 Å². The molecular weight excluding hydrogens is 472 g/mol. The zero-order chi connectivity index (χ0) is 27.0. The van der Waals surface area contributed by atoms with Crippen molar-refractivity contribution in [3.63, 3.8) is 0 Å². The van der Waals surface area contributed by atoms with Crippen LogP contribution in [0.25, 0.3) is 0 Å². The van der Waals surface area contributed by atoms with E-state index in [0.29, 0.717) is 5.56 Å². The van der Waals surface area contributed by atoms with Crippen LogP contribution in [0.1, 0.15) is 96.6 Å². The number of amides is 4. The first-order valence-corrected chi connectivity index (χ1v) is 13.5. The van der Waals surface area contributed by atoms with Crippen LogP contribution in [-0.2, 0) is 19.1 Å². The second-order valence-electron chi connectivity index (χ2n) is 11.2. The molecular formula is C28H42N4O5. The van der Waals surface area contributed by atoms with Crippen molar-refractivity contribution in [3.05, 3.63) is 35.9 Å². The number of hydrogen-bond acceptors (Lipinski definition) is 5. The summed E-state index contributed by atoms with van der Waals surface area (Å²) in [6, 6.07) is 7.30. The van der Waals surface area contributed by atoms with Gasteiger partial charge in [-0.05, 0) is 64.9 Å². The van der Waals surface area contributed by atoms with E-state index in [9.17, 15) is 19.2 Å². The van der Waals surface area contributed by atoms with Crippen molar-refractivity contribution in [1.29, 1.82) is 0 Å². The number of hydrogen-bond donors (Lipinski definition) is 3. The summed E-state index contributed by atoms with van der Waals surface area (Å²) in [6.07, 6.45) is 6.80. The number of nitrogens with zero attached hydrogens (tertiary/aromatic N) is 1. The van der Waals surface area contributed by atoms with E-state index in [4.69, 9.17) is 10.5 Å². The van der Waals surface area contributed by atoms with Crippen LogP contribution in [-0.4, -0.2) is 52.4 Å². The summed E-state index contributed by atoms with van der Waals surface area (Å²) in [4.78, 5) is 53.8. The summed E-state index contributed by atoms with van der Waals surface area (Å²) in [5.41, 5.74) is 5.33. The van der Waals surface area contributed by atoms with E-state index >= 15 is 0 Å². The predicted molar refractivity (Wildman–Crippen MR) is 140 cm³/mol. The Morgan fingerprint density at radius 1 is 1.00 bits per heavy atom. The number of nitrogens with two attached hydrogens (primary N) is 1. The molecule has 4 amide bonds. The Morgan fingerprint density at radius 2 is 1.65 bits per heavy atom. The van der Waals surface area contributed by atoms with Crippen LogP contribution in [0.3, 0.4) is 0 Å². The molecule has 2 aliphatic rings. The molecule has 2 aliphatic carbocycles. The molecule has 0 heterocycles. The Hall–Kier alpha value is -3.10. The number of carbonyl (C=O) groups excluding carboxylic acids is 4. The number of carbonyl (C=O) groups is 4. The molecule has 3 rings (SSSR count). The Bertz CT molecular complexity index is 936. The molecule has 4 N–H and O–H groups in total. The van der Waals surface area contributed by atoms with Gasteiger partial charge in [-0.2, -0.15) is 0 Å². The SMILES string of the molecule is CC(C)(C)OC(=O)NC(CCC(N)=O)C(=O)N(C1CCC1)C(C(=O)NC1CCCCC1)c1ccccc1. The van der Waals surface area contributed by atoms with Crippen molar-refractivity contribution in [2.24, 2.45) is 5.73 Å². The van der Waals surface area contributed by atoms with E-state index < -0.39 is 35.6 Å². The van der Waals surface area contributed by atoms with Crippen molar-refractivity contribution in [2.75, 3.05) is 0 Å². The minimum Gasteiger partial charge on any atom is -0.444 e. The monoisotopic (exact) mass is 514 g/mol. The third kappa shape index (κ3) is 8.47. The van der Waals surface area contributed by atoms with Gasteiger partial charge in [0.05, 0.1) is 0 Å². The first-order chi connectivity index (χ1) is 17.5. The topological polar surface area (TPSA) is 131 Å². The quantitative estimate of drug-likeness (QED) is 0.438. The zero-order valence-electron chi connectivity index (χ0n) is 22.3. The van der Waals surface area contributed by atoms with E-state index in [1.54, 1.807) is 25.7 Å². The molecule has 37 heavy (non-hydrogen) atoms. The van der Waals surface area contributed by atoms with E-state index in [-0.39, 0.29) is 30.8 Å². The molecule has 0 saturated heterocycles. The van der Waals surface area contributed by atoms with Gasteiger partial charge in [-0.1, -0.05) is 49.6 Å². The van der Waals surface area contributed by atoms with E-state index in [0.717, 1.165) is 44.9 Å². The highest BCUT2D eigenvalue weighted by molar-refractivity contribution is 5.93. The molecule has 2 saturated carbocycles. The number of alkyl carbamates (subject to hydrolysis) is 1. The molecule has 9 nitrogen and oxygen atoms in total. The Kier molecular flexibility index (Phi) is 9.94. The number of ether oxygens (including phenoxy) is 1. The molecule has 9 heteroatoms. The highest BCUT2D eigenvalue weighted by Gasteiger charge is 2.42. The van der Waals surface area contributed by atoms with Crippen molar-refractivity contribution in [1.82, 2.24) is 15.5 Å². The van der Waals surface area contributed by atoms with Gasteiger partial charge in [0.1, 0.15) is 17.7 Å². The Labute approximate surface area is 219 Å². The van der Waals surface area contributed by atoms with Gasteiger partial charge in [0.15, 0.2) is 0 Å². The van der Waals surface area contributed by atoms with Crippen LogP contribution in [0.15, 0.2) is 30.3 Å². The smallest absolute Gasteiger partial charge is 0.408 e. The second kappa shape index (κ2) is 12.9. The predicted octanol–water partition coefficient (Wildman–Crippen LogP) is 3.72. The zero-order valence-corrected chi connectivity index (χ0v) is 22.3. The molecule has 0 aliphatic heterocycles. The van der Waals surface area contributed by atoms with E-state index in [1.165, 1.54) is 6.42 Å². The minimum absolute atomic E-state index is 0.0163. The lowest BCUT2D eigenvalue weighted by Crippen LogP contribution is -2.58. The van der Waals surface area contributed by atoms with Gasteiger partial charge in [0.25, 0.3) is 0 Å². The molecule has 0 spiro atoms. The minimum atomic E-state index is -1.06. The number of benzene rings is 1. The molecule has 1 aromatic carbocycles. The van der Waals surface area contributed by atoms with Crippen LogP contribution in [0, 0.1) is 0 Å². The van der Waals surface area contributed by atoms with Crippen LogP contribution in [0.5, 0.6) is 0 Å². The largest absolute Gasteiger partial charge is 0.444 e. The summed E-state index contributed by atoms with van der Waals surface area (Å²) in [6.45, 7) is 5.19. The van der Waals surface area contributed by atoms with Gasteiger partial charge < -0.3 is 26.0 Å². The average molecular weight is 515 g/mol. The van der Waals surface area contributed by atoms with Gasteiger partial charge in [-0.15, -0.1) is 0 Å². The summed E-state index contributed by atoms with van der Waals surface area (Å²) in [5.74, 6) is -1.21. The van der Waals surface area contributed by atoms with E-state index in [1.807, 2.05) is 30.3 Å². The lowest BCUT2D eigenvalue weighted by atomic mass is 9.87.